The minimum atomic E-state index is -0.209. The Kier molecular flexibility index (Phi) is 7.34. The SMILES string of the molecule is COc1c(NSC)cc(C2(C)CC2)cc1NC(=O)c1ccc(C)c(N2C=C(c3cnn(-c4ccccc4)c3C)NN2)c1. The minimum absolute atomic E-state index is 0.131. The van der Waals surface area contributed by atoms with E-state index in [0.717, 1.165) is 52.4 Å². The van der Waals surface area contributed by atoms with E-state index >= 15 is 0 Å². The lowest BCUT2D eigenvalue weighted by Crippen LogP contribution is -2.36. The van der Waals surface area contributed by atoms with E-state index in [1.54, 1.807) is 7.11 Å². The zero-order valence-corrected chi connectivity index (χ0v) is 25.2. The first-order valence-corrected chi connectivity index (χ1v) is 15.1. The summed E-state index contributed by atoms with van der Waals surface area (Å²) < 4.78 is 11.0. The van der Waals surface area contributed by atoms with Crippen LogP contribution in [0.15, 0.2) is 73.1 Å². The molecule has 3 aromatic carbocycles. The second kappa shape index (κ2) is 11.1. The quantitative estimate of drug-likeness (QED) is 0.171. The smallest absolute Gasteiger partial charge is 0.255 e. The second-order valence-corrected chi connectivity index (χ2v) is 11.6. The van der Waals surface area contributed by atoms with Crippen molar-refractivity contribution in [3.05, 3.63) is 101 Å². The fraction of sp³-hybridized carbons (Fsp3) is 0.250. The fourth-order valence-corrected chi connectivity index (χ4v) is 5.61. The molecule has 10 heteroatoms. The van der Waals surface area contributed by atoms with E-state index in [9.17, 15) is 4.79 Å². The molecule has 2 aliphatic rings. The molecule has 2 heterocycles. The third kappa shape index (κ3) is 5.19. The Bertz CT molecular complexity index is 1680. The number of carbonyl (C=O) groups is 1. The van der Waals surface area contributed by atoms with Crippen molar-refractivity contribution in [2.24, 2.45) is 0 Å². The van der Waals surface area contributed by atoms with Crippen LogP contribution in [0.4, 0.5) is 17.1 Å². The molecule has 216 valence electrons. The van der Waals surface area contributed by atoms with Gasteiger partial charge in [0, 0.05) is 23.6 Å². The van der Waals surface area contributed by atoms with Gasteiger partial charge in [0.25, 0.3) is 5.91 Å². The van der Waals surface area contributed by atoms with Crippen molar-refractivity contribution < 1.29 is 9.53 Å². The van der Waals surface area contributed by atoms with Gasteiger partial charge in [-0.1, -0.05) is 43.1 Å². The molecular formula is C32H35N7O2S. The van der Waals surface area contributed by atoms with E-state index in [1.165, 1.54) is 17.5 Å². The van der Waals surface area contributed by atoms with E-state index in [1.807, 2.05) is 96.8 Å². The van der Waals surface area contributed by atoms with Crippen LogP contribution in [0.1, 0.15) is 52.5 Å². The average Bonchev–Trinajstić information content (AvgIpc) is 3.37. The summed E-state index contributed by atoms with van der Waals surface area (Å²) in [7, 11) is 1.63. The molecule has 1 aromatic heterocycles. The van der Waals surface area contributed by atoms with E-state index in [2.05, 4.69) is 39.1 Å². The monoisotopic (exact) mass is 581 g/mol. The summed E-state index contributed by atoms with van der Waals surface area (Å²) in [6, 6.07) is 19.9. The number of methoxy groups -OCH3 is 1. The van der Waals surface area contributed by atoms with Gasteiger partial charge in [-0.3, -0.25) is 9.80 Å². The third-order valence-corrected chi connectivity index (χ3v) is 8.48. The molecule has 1 amide bonds. The van der Waals surface area contributed by atoms with Crippen LogP contribution in [-0.4, -0.2) is 29.1 Å². The maximum absolute atomic E-state index is 13.6. The van der Waals surface area contributed by atoms with Crippen LogP contribution < -0.4 is 30.7 Å². The summed E-state index contributed by atoms with van der Waals surface area (Å²) >= 11 is 1.49. The van der Waals surface area contributed by atoms with Gasteiger partial charge in [-0.05, 0) is 79.6 Å². The Labute approximate surface area is 250 Å². The van der Waals surface area contributed by atoms with E-state index < -0.39 is 0 Å². The van der Waals surface area contributed by atoms with E-state index in [-0.39, 0.29) is 11.3 Å². The van der Waals surface area contributed by atoms with Gasteiger partial charge in [0.2, 0.25) is 0 Å². The highest BCUT2D eigenvalue weighted by Crippen LogP contribution is 2.51. The number of hydrogen-bond donors (Lipinski definition) is 4. The molecule has 1 aliphatic heterocycles. The first kappa shape index (κ1) is 27.7. The van der Waals surface area contributed by atoms with Crippen LogP contribution in [0.25, 0.3) is 11.4 Å². The predicted molar refractivity (Wildman–Crippen MR) is 171 cm³/mol. The van der Waals surface area contributed by atoms with Gasteiger partial charge < -0.3 is 20.2 Å². The standard InChI is InChI=1S/C32H35N7O2S/c1-20-11-12-22(31(40)34-26-16-23(32(3)13-14-32)17-27(36-42-5)30(26)41-4)15-29(20)38-19-28(35-37-38)25-18-33-39(21(25)2)24-9-7-6-8-10-24/h6-12,15-19,35-37H,13-14H2,1-5H3,(H,34,40). The normalized spacial score (nSPS) is 15.2. The van der Waals surface area contributed by atoms with Gasteiger partial charge in [0.05, 0.1) is 47.4 Å². The van der Waals surface area contributed by atoms with Crippen molar-refractivity contribution >= 4 is 40.6 Å². The maximum Gasteiger partial charge on any atom is 0.255 e. The molecule has 6 rings (SSSR count). The number of hydrogen-bond acceptors (Lipinski definition) is 8. The Morgan fingerprint density at radius 3 is 2.55 bits per heavy atom. The lowest BCUT2D eigenvalue weighted by atomic mass is 9.96. The molecule has 0 saturated heterocycles. The largest absolute Gasteiger partial charge is 0.492 e. The lowest BCUT2D eigenvalue weighted by molar-refractivity contribution is 0.102. The summed E-state index contributed by atoms with van der Waals surface area (Å²) in [6.45, 7) is 6.32. The number of nitrogens with one attached hydrogen (secondary N) is 4. The van der Waals surface area contributed by atoms with Gasteiger partial charge in [0.1, 0.15) is 0 Å². The molecule has 0 spiro atoms. The highest BCUT2D eigenvalue weighted by molar-refractivity contribution is 7.99. The number of rotatable bonds is 9. The summed E-state index contributed by atoms with van der Waals surface area (Å²) in [5.74, 6) is 0.404. The number of benzene rings is 3. The molecule has 1 aliphatic carbocycles. The zero-order valence-electron chi connectivity index (χ0n) is 24.4. The molecule has 42 heavy (non-hydrogen) atoms. The van der Waals surface area contributed by atoms with Crippen molar-refractivity contribution in [1.82, 2.24) is 20.7 Å². The number of nitrogens with zero attached hydrogens (tertiary/aromatic N) is 3. The van der Waals surface area contributed by atoms with Crippen LogP contribution in [0.5, 0.6) is 5.75 Å². The molecule has 9 nitrogen and oxygen atoms in total. The number of ether oxygens (including phenoxy) is 1. The molecule has 4 aromatic rings. The summed E-state index contributed by atoms with van der Waals surface area (Å²) in [5, 5.41) is 9.61. The van der Waals surface area contributed by atoms with Crippen molar-refractivity contribution in [3.8, 4) is 11.4 Å². The van der Waals surface area contributed by atoms with Crippen LogP contribution in [0.2, 0.25) is 0 Å². The maximum atomic E-state index is 13.6. The summed E-state index contributed by atoms with van der Waals surface area (Å²) in [4.78, 5) is 13.6. The molecule has 1 fully saturated rings. The van der Waals surface area contributed by atoms with Crippen molar-refractivity contribution in [3.63, 3.8) is 0 Å². The van der Waals surface area contributed by atoms with Gasteiger partial charge in [-0.25, -0.2) is 4.68 Å². The number of carbonyl (C=O) groups excluding carboxylic acids is 1. The third-order valence-electron chi connectivity index (χ3n) is 8.05. The van der Waals surface area contributed by atoms with Crippen LogP contribution >= 0.6 is 11.9 Å². The van der Waals surface area contributed by atoms with Crippen LogP contribution in [0, 0.1) is 13.8 Å². The number of anilines is 3. The van der Waals surface area contributed by atoms with Crippen molar-refractivity contribution in [2.75, 3.05) is 28.4 Å². The molecular weight excluding hydrogens is 546 g/mol. The fourth-order valence-electron chi connectivity index (χ4n) is 5.24. The highest BCUT2D eigenvalue weighted by Gasteiger charge is 2.40. The summed E-state index contributed by atoms with van der Waals surface area (Å²) in [6.07, 6.45) is 8.06. The summed E-state index contributed by atoms with van der Waals surface area (Å²) in [5.41, 5.74) is 15.6. The van der Waals surface area contributed by atoms with Gasteiger partial charge >= 0.3 is 0 Å². The minimum Gasteiger partial charge on any atom is -0.492 e. The first-order valence-electron chi connectivity index (χ1n) is 13.9. The second-order valence-electron chi connectivity index (χ2n) is 11.0. The zero-order chi connectivity index (χ0) is 29.4. The number of aromatic nitrogens is 2. The highest BCUT2D eigenvalue weighted by atomic mass is 32.2. The topological polar surface area (TPSA) is 95.5 Å². The molecule has 0 radical (unpaired) electrons. The van der Waals surface area contributed by atoms with Gasteiger partial charge in [-0.15, -0.1) is 5.53 Å². The molecule has 0 bridgehead atoms. The molecule has 0 unspecified atom stereocenters. The number of amides is 1. The van der Waals surface area contributed by atoms with Crippen molar-refractivity contribution in [1.29, 1.82) is 0 Å². The Morgan fingerprint density at radius 2 is 1.83 bits per heavy atom. The van der Waals surface area contributed by atoms with Crippen molar-refractivity contribution in [2.45, 2.75) is 39.0 Å². The Hall–Kier alpha value is -4.41. The molecule has 0 atom stereocenters. The lowest BCUT2D eigenvalue weighted by Gasteiger charge is -2.20. The van der Waals surface area contributed by atoms with Crippen LogP contribution in [0.3, 0.4) is 0 Å². The van der Waals surface area contributed by atoms with Gasteiger partial charge in [-0.2, -0.15) is 5.10 Å². The number of para-hydroxylation sites is 1. The molecule has 4 N–H and O–H groups in total. The number of aryl methyl sites for hydroxylation is 1. The van der Waals surface area contributed by atoms with Crippen LogP contribution in [-0.2, 0) is 5.41 Å². The first-order chi connectivity index (χ1) is 20.3. The van der Waals surface area contributed by atoms with Gasteiger partial charge in [0.15, 0.2) is 5.75 Å². The van der Waals surface area contributed by atoms with E-state index in [4.69, 9.17) is 4.74 Å². The van der Waals surface area contributed by atoms with E-state index in [0.29, 0.717) is 17.0 Å². The average molecular weight is 582 g/mol. The molecule has 1 saturated carbocycles. The Morgan fingerprint density at radius 1 is 1.07 bits per heavy atom. The predicted octanol–water partition coefficient (Wildman–Crippen LogP) is 6.32. The number of hydrazine groups is 2. The Balaban J connectivity index is 1.27.